The van der Waals surface area contributed by atoms with Crippen molar-refractivity contribution in [3.8, 4) is 0 Å². The van der Waals surface area contributed by atoms with Crippen LogP contribution in [0.2, 0.25) is 0 Å². The Labute approximate surface area is 71.8 Å². The summed E-state index contributed by atoms with van der Waals surface area (Å²) in [6, 6.07) is 0. The molecule has 4 heteroatoms. The number of nitrogen functional groups attached to an aromatic ring is 1. The minimum atomic E-state index is 0.515. The largest absolute Gasteiger partial charge is 0.381 e. The highest BCUT2D eigenvalue weighted by Gasteiger charge is 2.20. The van der Waals surface area contributed by atoms with Gasteiger partial charge in [0.05, 0.1) is 12.7 Å². The van der Waals surface area contributed by atoms with E-state index in [1.165, 1.54) is 25.7 Å². The lowest BCUT2D eigenvalue weighted by atomic mass is 10.2. The fourth-order valence-electron chi connectivity index (χ4n) is 1.35. The Morgan fingerprint density at radius 2 is 2.42 bits per heavy atom. The molecule has 4 nitrogen and oxygen atoms in total. The van der Waals surface area contributed by atoms with Gasteiger partial charge in [-0.1, -0.05) is 12.8 Å². The number of nitrogens with zero attached hydrogens (tertiary/aromatic N) is 3. The molecular weight excluding hydrogens is 152 g/mol. The highest BCUT2D eigenvalue weighted by Crippen LogP contribution is 2.33. The normalized spacial score (nSPS) is 16.7. The lowest BCUT2D eigenvalue weighted by Crippen LogP contribution is -2.02. The molecule has 0 radical (unpaired) electrons. The van der Waals surface area contributed by atoms with Gasteiger partial charge in [-0.15, -0.1) is 5.10 Å². The molecule has 2 N–H and O–H groups in total. The summed E-state index contributed by atoms with van der Waals surface area (Å²) in [5.74, 6) is 1.51. The number of rotatable bonds is 4. The van der Waals surface area contributed by atoms with E-state index in [0.29, 0.717) is 5.82 Å². The van der Waals surface area contributed by atoms with Crippen molar-refractivity contribution < 1.29 is 0 Å². The SMILES string of the molecule is Nc1cnn(CCCC2CC2)n1. The molecule has 1 heterocycles. The van der Waals surface area contributed by atoms with Crippen LogP contribution in [0.4, 0.5) is 5.82 Å². The molecule has 2 rings (SSSR count). The van der Waals surface area contributed by atoms with Gasteiger partial charge in [0, 0.05) is 0 Å². The van der Waals surface area contributed by atoms with Gasteiger partial charge >= 0.3 is 0 Å². The molecule has 1 aliphatic carbocycles. The molecule has 12 heavy (non-hydrogen) atoms. The van der Waals surface area contributed by atoms with E-state index in [4.69, 9.17) is 5.73 Å². The first-order chi connectivity index (χ1) is 5.84. The zero-order valence-electron chi connectivity index (χ0n) is 7.11. The van der Waals surface area contributed by atoms with Gasteiger partial charge in [-0.05, 0) is 18.8 Å². The second kappa shape index (κ2) is 3.13. The molecule has 0 aliphatic heterocycles. The fourth-order valence-corrected chi connectivity index (χ4v) is 1.35. The Bertz CT molecular complexity index is 251. The molecule has 0 saturated heterocycles. The maximum Gasteiger partial charge on any atom is 0.165 e. The molecule has 66 valence electrons. The van der Waals surface area contributed by atoms with Crippen LogP contribution in [0.15, 0.2) is 6.20 Å². The number of nitrogens with two attached hydrogens (primary N) is 1. The van der Waals surface area contributed by atoms with E-state index in [9.17, 15) is 0 Å². The molecule has 1 aromatic rings. The molecule has 1 aromatic heterocycles. The minimum Gasteiger partial charge on any atom is -0.381 e. The van der Waals surface area contributed by atoms with E-state index in [2.05, 4.69) is 10.2 Å². The molecule has 1 saturated carbocycles. The number of anilines is 1. The van der Waals surface area contributed by atoms with Crippen LogP contribution in [0.5, 0.6) is 0 Å². The zero-order chi connectivity index (χ0) is 8.39. The van der Waals surface area contributed by atoms with Crippen LogP contribution in [-0.2, 0) is 6.54 Å². The summed E-state index contributed by atoms with van der Waals surface area (Å²) in [5.41, 5.74) is 5.43. The van der Waals surface area contributed by atoms with Crippen molar-refractivity contribution in [3.63, 3.8) is 0 Å². The number of aryl methyl sites for hydroxylation is 1. The molecule has 0 unspecified atom stereocenters. The van der Waals surface area contributed by atoms with Crippen molar-refractivity contribution >= 4 is 5.82 Å². The summed E-state index contributed by atoms with van der Waals surface area (Å²) in [6.45, 7) is 0.910. The first kappa shape index (κ1) is 7.58. The van der Waals surface area contributed by atoms with Gasteiger partial charge in [0.25, 0.3) is 0 Å². The van der Waals surface area contributed by atoms with Crippen LogP contribution < -0.4 is 5.73 Å². The predicted octanol–water partition coefficient (Wildman–Crippen LogP) is 1.05. The molecule has 1 fully saturated rings. The van der Waals surface area contributed by atoms with Crippen molar-refractivity contribution in [2.45, 2.75) is 32.2 Å². The standard InChI is InChI=1S/C8H14N4/c9-8-6-10-12(11-8)5-1-2-7-3-4-7/h6-7H,1-5H2,(H2,9,11). The average Bonchev–Trinajstić information content (AvgIpc) is 2.76. The highest BCUT2D eigenvalue weighted by atomic mass is 15.5. The van der Waals surface area contributed by atoms with Gasteiger partial charge in [-0.2, -0.15) is 9.90 Å². The van der Waals surface area contributed by atoms with E-state index in [-0.39, 0.29) is 0 Å². The third-order valence-electron chi connectivity index (χ3n) is 2.22. The van der Waals surface area contributed by atoms with Gasteiger partial charge in [0.1, 0.15) is 0 Å². The first-order valence-corrected chi connectivity index (χ1v) is 4.50. The van der Waals surface area contributed by atoms with E-state index < -0.39 is 0 Å². The third-order valence-corrected chi connectivity index (χ3v) is 2.22. The minimum absolute atomic E-state index is 0.515. The molecule has 0 spiro atoms. The van der Waals surface area contributed by atoms with Crippen LogP contribution in [0.25, 0.3) is 0 Å². The first-order valence-electron chi connectivity index (χ1n) is 4.50. The summed E-state index contributed by atoms with van der Waals surface area (Å²) in [6.07, 6.45) is 6.95. The molecule has 0 aromatic carbocycles. The number of hydrogen-bond donors (Lipinski definition) is 1. The van der Waals surface area contributed by atoms with Crippen molar-refractivity contribution in [2.75, 3.05) is 5.73 Å². The van der Waals surface area contributed by atoms with E-state index in [1.54, 1.807) is 11.0 Å². The lowest BCUT2D eigenvalue weighted by Gasteiger charge is -1.97. The Morgan fingerprint density at radius 1 is 1.58 bits per heavy atom. The Morgan fingerprint density at radius 3 is 3.00 bits per heavy atom. The van der Waals surface area contributed by atoms with Crippen LogP contribution in [0, 0.1) is 5.92 Å². The lowest BCUT2D eigenvalue weighted by molar-refractivity contribution is 0.487. The van der Waals surface area contributed by atoms with E-state index in [0.717, 1.165) is 12.5 Å². The van der Waals surface area contributed by atoms with Crippen molar-refractivity contribution in [3.05, 3.63) is 6.20 Å². The quantitative estimate of drug-likeness (QED) is 0.727. The molecule has 0 amide bonds. The van der Waals surface area contributed by atoms with Crippen LogP contribution in [-0.4, -0.2) is 15.0 Å². The number of hydrogen-bond acceptors (Lipinski definition) is 3. The summed E-state index contributed by atoms with van der Waals surface area (Å²) >= 11 is 0. The van der Waals surface area contributed by atoms with E-state index in [1.807, 2.05) is 0 Å². The Balaban J connectivity index is 1.71. The third kappa shape index (κ3) is 1.96. The molecular formula is C8H14N4. The van der Waals surface area contributed by atoms with Crippen molar-refractivity contribution in [1.29, 1.82) is 0 Å². The predicted molar refractivity (Wildman–Crippen MR) is 46.4 cm³/mol. The second-order valence-corrected chi connectivity index (χ2v) is 3.45. The van der Waals surface area contributed by atoms with Crippen molar-refractivity contribution in [1.82, 2.24) is 15.0 Å². The van der Waals surface area contributed by atoms with Crippen LogP contribution in [0.3, 0.4) is 0 Å². The van der Waals surface area contributed by atoms with Gasteiger partial charge in [-0.25, -0.2) is 0 Å². The monoisotopic (exact) mass is 166 g/mol. The second-order valence-electron chi connectivity index (χ2n) is 3.45. The summed E-state index contributed by atoms with van der Waals surface area (Å²) in [5, 5.41) is 8.02. The van der Waals surface area contributed by atoms with Gasteiger partial charge in [0.15, 0.2) is 5.82 Å². The number of aromatic nitrogens is 3. The summed E-state index contributed by atoms with van der Waals surface area (Å²) in [4.78, 5) is 1.68. The van der Waals surface area contributed by atoms with Gasteiger partial charge < -0.3 is 5.73 Å². The summed E-state index contributed by atoms with van der Waals surface area (Å²) in [7, 11) is 0. The maximum absolute atomic E-state index is 5.43. The zero-order valence-corrected chi connectivity index (χ0v) is 7.11. The fraction of sp³-hybridized carbons (Fsp3) is 0.750. The van der Waals surface area contributed by atoms with Gasteiger partial charge in [-0.3, -0.25) is 0 Å². The smallest absolute Gasteiger partial charge is 0.165 e. The highest BCUT2D eigenvalue weighted by molar-refractivity contribution is 5.19. The topological polar surface area (TPSA) is 56.7 Å². The van der Waals surface area contributed by atoms with Crippen molar-refractivity contribution in [2.24, 2.45) is 5.92 Å². The molecule has 0 atom stereocenters. The van der Waals surface area contributed by atoms with Crippen LogP contribution >= 0.6 is 0 Å². The Kier molecular flexibility index (Phi) is 1.98. The molecule has 1 aliphatic rings. The summed E-state index contributed by atoms with van der Waals surface area (Å²) < 4.78 is 0. The maximum atomic E-state index is 5.43. The van der Waals surface area contributed by atoms with E-state index >= 15 is 0 Å². The van der Waals surface area contributed by atoms with Crippen LogP contribution in [0.1, 0.15) is 25.7 Å². The Hall–Kier alpha value is -1.06. The van der Waals surface area contributed by atoms with Gasteiger partial charge in [0.2, 0.25) is 0 Å². The average molecular weight is 166 g/mol. The molecule has 0 bridgehead atoms.